The van der Waals surface area contributed by atoms with Gasteiger partial charge in [0.1, 0.15) is 0 Å². The number of hydrogen-bond acceptors (Lipinski definition) is 2. The Morgan fingerprint density at radius 1 is 1.28 bits per heavy atom. The first kappa shape index (κ1) is 13.0. The monoisotopic (exact) mass is 262 g/mol. The summed E-state index contributed by atoms with van der Waals surface area (Å²) in [6, 6.07) is 9.62. The molecule has 2 N–H and O–H groups in total. The van der Waals surface area contributed by atoms with E-state index in [-0.39, 0.29) is 5.91 Å². The number of amides is 1. The smallest absolute Gasteiger partial charge is 0.254 e. The number of rotatable bonds is 4. The number of carbonyl (C=O) groups excluding carboxylic acids is 1. The number of nitrogens with two attached hydrogens (primary N) is 1. The molecule has 96 valence electrons. The largest absolute Gasteiger partial charge is 0.392 e. The lowest BCUT2D eigenvalue weighted by molar-refractivity contribution is 0.0714. The van der Waals surface area contributed by atoms with Crippen molar-refractivity contribution in [3.63, 3.8) is 0 Å². The maximum absolute atomic E-state index is 12.5. The molecule has 0 atom stereocenters. The van der Waals surface area contributed by atoms with Crippen LogP contribution in [0.5, 0.6) is 0 Å². The van der Waals surface area contributed by atoms with Crippen molar-refractivity contribution in [2.45, 2.75) is 31.7 Å². The van der Waals surface area contributed by atoms with Crippen LogP contribution in [-0.4, -0.2) is 28.4 Å². The van der Waals surface area contributed by atoms with E-state index in [2.05, 4.69) is 0 Å². The lowest BCUT2D eigenvalue weighted by Gasteiger charge is -2.28. The Bertz CT molecular complexity index is 427. The summed E-state index contributed by atoms with van der Waals surface area (Å²) in [6.07, 6.45) is 4.48. The fourth-order valence-corrected chi connectivity index (χ4v) is 2.64. The first-order chi connectivity index (χ1) is 8.68. The third kappa shape index (κ3) is 3.07. The standard InChI is InChI=1S/C14H18N2OS/c15-13(18)10-16(12-8-4-5-9-12)14(17)11-6-2-1-3-7-11/h1-3,6-7,12H,4-5,8-10H2,(H2,15,18). The second-order valence-corrected chi connectivity index (χ2v) is 5.23. The first-order valence-corrected chi connectivity index (χ1v) is 6.73. The van der Waals surface area contributed by atoms with Crippen LogP contribution in [0.25, 0.3) is 0 Å². The molecule has 1 aromatic rings. The summed E-state index contributed by atoms with van der Waals surface area (Å²) >= 11 is 4.96. The average Bonchev–Trinajstić information content (AvgIpc) is 2.89. The van der Waals surface area contributed by atoms with Crippen LogP contribution in [-0.2, 0) is 0 Å². The predicted molar refractivity (Wildman–Crippen MR) is 76.5 cm³/mol. The Kier molecular flexibility index (Phi) is 4.31. The second-order valence-electron chi connectivity index (χ2n) is 4.70. The fourth-order valence-electron chi connectivity index (χ4n) is 2.50. The minimum Gasteiger partial charge on any atom is -0.392 e. The van der Waals surface area contributed by atoms with E-state index in [0.29, 0.717) is 23.1 Å². The van der Waals surface area contributed by atoms with Gasteiger partial charge in [-0.1, -0.05) is 43.3 Å². The van der Waals surface area contributed by atoms with E-state index in [1.165, 1.54) is 12.8 Å². The van der Waals surface area contributed by atoms with Crippen LogP contribution in [0.2, 0.25) is 0 Å². The van der Waals surface area contributed by atoms with Crippen LogP contribution in [0, 0.1) is 0 Å². The van der Waals surface area contributed by atoms with Crippen molar-refractivity contribution < 1.29 is 4.79 Å². The molecule has 0 unspecified atom stereocenters. The van der Waals surface area contributed by atoms with Crippen molar-refractivity contribution in [1.82, 2.24) is 4.90 Å². The van der Waals surface area contributed by atoms with Gasteiger partial charge in [0.05, 0.1) is 11.5 Å². The molecule has 0 radical (unpaired) electrons. The van der Waals surface area contributed by atoms with Crippen LogP contribution < -0.4 is 5.73 Å². The average molecular weight is 262 g/mol. The molecule has 1 fully saturated rings. The van der Waals surface area contributed by atoms with Gasteiger partial charge in [-0.25, -0.2) is 0 Å². The van der Waals surface area contributed by atoms with Gasteiger partial charge >= 0.3 is 0 Å². The van der Waals surface area contributed by atoms with Crippen molar-refractivity contribution in [3.8, 4) is 0 Å². The van der Waals surface area contributed by atoms with E-state index in [4.69, 9.17) is 18.0 Å². The minimum absolute atomic E-state index is 0.0373. The molecule has 0 spiro atoms. The number of hydrogen-bond donors (Lipinski definition) is 1. The molecule has 3 nitrogen and oxygen atoms in total. The predicted octanol–water partition coefficient (Wildman–Crippen LogP) is 2.36. The first-order valence-electron chi connectivity index (χ1n) is 6.33. The molecule has 1 aromatic carbocycles. The van der Waals surface area contributed by atoms with E-state index in [9.17, 15) is 4.79 Å². The SMILES string of the molecule is NC(=S)CN(C(=O)c1ccccc1)C1CCCC1. The molecule has 2 rings (SSSR count). The number of benzene rings is 1. The van der Waals surface area contributed by atoms with Crippen molar-refractivity contribution in [3.05, 3.63) is 35.9 Å². The van der Waals surface area contributed by atoms with Crippen molar-refractivity contribution in [2.24, 2.45) is 5.73 Å². The molecule has 1 amide bonds. The quantitative estimate of drug-likeness (QED) is 0.847. The second kappa shape index (κ2) is 5.96. The van der Waals surface area contributed by atoms with Gasteiger partial charge < -0.3 is 10.6 Å². The summed E-state index contributed by atoms with van der Waals surface area (Å²) in [7, 11) is 0. The van der Waals surface area contributed by atoms with Crippen molar-refractivity contribution >= 4 is 23.1 Å². The number of thiocarbonyl (C=S) groups is 1. The highest BCUT2D eigenvalue weighted by atomic mass is 32.1. The van der Waals surface area contributed by atoms with E-state index in [0.717, 1.165) is 12.8 Å². The van der Waals surface area contributed by atoms with Gasteiger partial charge in [0, 0.05) is 11.6 Å². The van der Waals surface area contributed by atoms with E-state index in [1.807, 2.05) is 35.2 Å². The molecule has 0 aromatic heterocycles. The number of carbonyl (C=O) groups is 1. The van der Waals surface area contributed by atoms with Gasteiger partial charge in [-0.15, -0.1) is 0 Å². The molecular weight excluding hydrogens is 244 g/mol. The van der Waals surface area contributed by atoms with Gasteiger partial charge in [0.25, 0.3) is 5.91 Å². The summed E-state index contributed by atoms with van der Waals surface area (Å²) in [5.74, 6) is 0.0373. The third-order valence-electron chi connectivity index (χ3n) is 3.37. The molecular formula is C14H18N2OS. The summed E-state index contributed by atoms with van der Waals surface area (Å²) in [4.78, 5) is 14.7. The van der Waals surface area contributed by atoms with Crippen molar-refractivity contribution in [1.29, 1.82) is 0 Å². The molecule has 1 saturated carbocycles. The highest BCUT2D eigenvalue weighted by molar-refractivity contribution is 7.80. The minimum atomic E-state index is 0.0373. The van der Waals surface area contributed by atoms with E-state index >= 15 is 0 Å². The maximum atomic E-state index is 12.5. The summed E-state index contributed by atoms with van der Waals surface area (Å²) in [5.41, 5.74) is 6.32. The zero-order valence-electron chi connectivity index (χ0n) is 10.3. The molecule has 0 aliphatic heterocycles. The molecule has 0 bridgehead atoms. The lowest BCUT2D eigenvalue weighted by atomic mass is 10.1. The van der Waals surface area contributed by atoms with Crippen LogP contribution in [0.4, 0.5) is 0 Å². The Balaban J connectivity index is 2.17. The highest BCUT2D eigenvalue weighted by Gasteiger charge is 2.27. The lowest BCUT2D eigenvalue weighted by Crippen LogP contribution is -2.43. The molecule has 0 saturated heterocycles. The highest BCUT2D eigenvalue weighted by Crippen LogP contribution is 2.24. The molecule has 4 heteroatoms. The Morgan fingerprint density at radius 3 is 2.44 bits per heavy atom. The van der Waals surface area contributed by atoms with Crippen LogP contribution in [0.3, 0.4) is 0 Å². The molecule has 1 aliphatic carbocycles. The molecule has 18 heavy (non-hydrogen) atoms. The van der Waals surface area contributed by atoms with Crippen LogP contribution in [0.15, 0.2) is 30.3 Å². The number of nitrogens with zero attached hydrogens (tertiary/aromatic N) is 1. The zero-order chi connectivity index (χ0) is 13.0. The van der Waals surface area contributed by atoms with E-state index < -0.39 is 0 Å². The summed E-state index contributed by atoms with van der Waals surface area (Å²) < 4.78 is 0. The van der Waals surface area contributed by atoms with Crippen LogP contribution >= 0.6 is 12.2 Å². The maximum Gasteiger partial charge on any atom is 0.254 e. The Morgan fingerprint density at radius 2 is 1.89 bits per heavy atom. The summed E-state index contributed by atoms with van der Waals surface area (Å²) in [6.45, 7) is 0.383. The van der Waals surface area contributed by atoms with Gasteiger partial charge in [-0.2, -0.15) is 0 Å². The van der Waals surface area contributed by atoms with Gasteiger partial charge in [0.2, 0.25) is 0 Å². The Hall–Kier alpha value is -1.42. The fraction of sp³-hybridized carbons (Fsp3) is 0.429. The third-order valence-corrected chi connectivity index (χ3v) is 3.50. The van der Waals surface area contributed by atoms with Crippen LogP contribution in [0.1, 0.15) is 36.0 Å². The zero-order valence-corrected chi connectivity index (χ0v) is 11.2. The van der Waals surface area contributed by atoms with Gasteiger partial charge in [0.15, 0.2) is 0 Å². The van der Waals surface area contributed by atoms with Crippen molar-refractivity contribution in [2.75, 3.05) is 6.54 Å². The topological polar surface area (TPSA) is 46.3 Å². The van der Waals surface area contributed by atoms with Gasteiger partial charge in [-0.05, 0) is 25.0 Å². The molecule has 1 aliphatic rings. The molecule has 0 heterocycles. The summed E-state index contributed by atoms with van der Waals surface area (Å²) in [5, 5.41) is 0. The van der Waals surface area contributed by atoms with E-state index in [1.54, 1.807) is 0 Å². The normalized spacial score (nSPS) is 15.6. The van der Waals surface area contributed by atoms with Gasteiger partial charge in [-0.3, -0.25) is 4.79 Å². The Labute approximate surface area is 113 Å².